The van der Waals surface area contributed by atoms with E-state index >= 15 is 0 Å². The van der Waals surface area contributed by atoms with Crippen LogP contribution in [0.15, 0.2) is 29.3 Å². The van der Waals surface area contributed by atoms with Gasteiger partial charge in [-0.2, -0.15) is 13.2 Å². The highest BCUT2D eigenvalue weighted by atomic mass is 32.1. The van der Waals surface area contributed by atoms with E-state index in [0.717, 1.165) is 10.1 Å². The number of urea groups is 1. The number of alkyl halides is 3. The maximum absolute atomic E-state index is 13.5. The average molecular weight is 586 g/mol. The third-order valence-corrected chi connectivity index (χ3v) is 7.21. The Labute approximate surface area is 229 Å². The maximum Gasteiger partial charge on any atom is 0.490 e. The number of aliphatic carboxylic acids is 1. The quantitative estimate of drug-likeness (QED) is 0.455. The smallest absolute Gasteiger partial charge is 0.475 e. The van der Waals surface area contributed by atoms with Gasteiger partial charge in [0.05, 0.1) is 19.0 Å². The number of carbonyl (C=O) groups is 5. The summed E-state index contributed by atoms with van der Waals surface area (Å²) < 4.78 is 37.3. The number of carboxylic acid groups (broad SMARTS) is 1. The van der Waals surface area contributed by atoms with Crippen molar-refractivity contribution in [3.63, 3.8) is 0 Å². The standard InChI is InChI=1S/C22H25N5O5S.C2HF3O2/c1-3-23-21(31)25-18-17(14-6-4-5-7-15(14)33-18)19(29)26-10-8-22(9-11-26)20(30)27(13-24-22)12-16(28)32-2;3-2(4,5)1(6)7/h4-7,13H,3,8-12H2,1-2H3,(H2,23,25,31);(H,6,7). The number of halogens is 3. The molecule has 0 atom stereocenters. The van der Waals surface area contributed by atoms with Gasteiger partial charge in [0.2, 0.25) is 0 Å². The maximum atomic E-state index is 13.5. The number of carboxylic acids is 1. The zero-order valence-corrected chi connectivity index (χ0v) is 22.2. The van der Waals surface area contributed by atoms with Crippen LogP contribution in [0.4, 0.5) is 23.0 Å². The number of esters is 1. The van der Waals surface area contributed by atoms with E-state index in [4.69, 9.17) is 9.90 Å². The van der Waals surface area contributed by atoms with E-state index in [1.54, 1.807) is 4.90 Å². The first-order chi connectivity index (χ1) is 18.8. The van der Waals surface area contributed by atoms with Crippen LogP contribution in [0.5, 0.6) is 0 Å². The van der Waals surface area contributed by atoms with Crippen molar-refractivity contribution >= 4 is 62.5 Å². The van der Waals surface area contributed by atoms with E-state index in [0.29, 0.717) is 43.0 Å². The van der Waals surface area contributed by atoms with Crippen molar-refractivity contribution in [1.29, 1.82) is 0 Å². The minimum Gasteiger partial charge on any atom is -0.475 e. The van der Waals surface area contributed by atoms with Crippen molar-refractivity contribution in [3.8, 4) is 0 Å². The number of carbonyl (C=O) groups excluding carboxylic acids is 4. The van der Waals surface area contributed by atoms with Crippen molar-refractivity contribution in [2.75, 3.05) is 38.6 Å². The molecule has 216 valence electrons. The minimum absolute atomic E-state index is 0.182. The number of methoxy groups -OCH3 is 1. The molecule has 1 saturated heterocycles. The summed E-state index contributed by atoms with van der Waals surface area (Å²) in [4.78, 5) is 66.4. The van der Waals surface area contributed by atoms with Crippen LogP contribution >= 0.6 is 11.3 Å². The number of hydrogen-bond acceptors (Lipinski definition) is 8. The highest BCUT2D eigenvalue weighted by Gasteiger charge is 2.48. The van der Waals surface area contributed by atoms with Crippen LogP contribution in [0.2, 0.25) is 0 Å². The van der Waals surface area contributed by atoms with Gasteiger partial charge in [-0.25, -0.2) is 9.59 Å². The number of nitrogens with one attached hydrogen (secondary N) is 2. The lowest BCUT2D eigenvalue weighted by Gasteiger charge is -2.36. The fraction of sp³-hybridized carbons (Fsp3) is 0.417. The highest BCUT2D eigenvalue weighted by molar-refractivity contribution is 7.23. The molecule has 4 amide bonds. The second kappa shape index (κ2) is 12.3. The van der Waals surface area contributed by atoms with Crippen LogP contribution in [-0.2, 0) is 19.1 Å². The van der Waals surface area contributed by atoms with Crippen LogP contribution in [-0.4, -0.2) is 96.0 Å². The first-order valence-electron chi connectivity index (χ1n) is 11.9. The summed E-state index contributed by atoms with van der Waals surface area (Å²) in [5.41, 5.74) is -0.504. The average Bonchev–Trinajstić information content (AvgIpc) is 3.41. The van der Waals surface area contributed by atoms with Crippen LogP contribution in [0.1, 0.15) is 30.1 Å². The molecule has 12 nitrogen and oxygen atoms in total. The van der Waals surface area contributed by atoms with E-state index < -0.39 is 23.7 Å². The number of rotatable bonds is 5. The monoisotopic (exact) mass is 585 g/mol. The number of likely N-dealkylation sites (tertiary alicyclic amines) is 1. The second-order valence-corrected chi connectivity index (χ2v) is 9.72. The fourth-order valence-electron chi connectivity index (χ4n) is 4.11. The molecule has 1 fully saturated rings. The Kier molecular flexibility index (Phi) is 9.34. The first kappa shape index (κ1) is 30.3. The molecular formula is C24H26F3N5O7S. The lowest BCUT2D eigenvalue weighted by atomic mass is 9.87. The van der Waals surface area contributed by atoms with Gasteiger partial charge < -0.3 is 20.1 Å². The van der Waals surface area contributed by atoms with Gasteiger partial charge in [-0.1, -0.05) is 18.2 Å². The minimum atomic E-state index is -5.08. The Morgan fingerprint density at radius 3 is 2.38 bits per heavy atom. The van der Waals surface area contributed by atoms with Gasteiger partial charge in [0.25, 0.3) is 11.8 Å². The van der Waals surface area contributed by atoms with Gasteiger partial charge in [-0.3, -0.25) is 29.6 Å². The SMILES string of the molecule is CCNC(=O)Nc1sc2ccccc2c1C(=O)N1CCC2(CC1)N=CN(CC(=O)OC)C2=O.O=C(O)C(F)(F)F. The number of aliphatic imine (C=N–C) groups is 1. The number of thiophene rings is 1. The number of ether oxygens (including phenoxy) is 1. The number of amides is 4. The number of anilines is 1. The second-order valence-electron chi connectivity index (χ2n) is 8.67. The van der Waals surface area contributed by atoms with E-state index in [2.05, 4.69) is 20.4 Å². The largest absolute Gasteiger partial charge is 0.490 e. The molecule has 2 aliphatic heterocycles. The van der Waals surface area contributed by atoms with Crippen molar-refractivity contribution in [3.05, 3.63) is 29.8 Å². The molecule has 16 heteroatoms. The summed E-state index contributed by atoms with van der Waals surface area (Å²) in [5.74, 6) is -3.72. The van der Waals surface area contributed by atoms with Crippen LogP contribution < -0.4 is 10.6 Å². The molecule has 40 heavy (non-hydrogen) atoms. The molecule has 0 saturated carbocycles. The Hall–Kier alpha value is -4.21. The molecule has 1 aromatic heterocycles. The summed E-state index contributed by atoms with van der Waals surface area (Å²) in [6, 6.07) is 7.15. The summed E-state index contributed by atoms with van der Waals surface area (Å²) in [5, 5.41) is 13.9. The van der Waals surface area contributed by atoms with E-state index in [9.17, 15) is 32.3 Å². The van der Waals surface area contributed by atoms with Gasteiger partial charge in [0, 0.05) is 29.7 Å². The molecular weight excluding hydrogens is 559 g/mol. The summed E-state index contributed by atoms with van der Waals surface area (Å²) in [6.45, 7) is 2.77. The molecule has 0 unspecified atom stereocenters. The first-order valence-corrected chi connectivity index (χ1v) is 12.7. The Morgan fingerprint density at radius 1 is 1.18 bits per heavy atom. The lowest BCUT2D eigenvalue weighted by Crippen LogP contribution is -2.51. The lowest BCUT2D eigenvalue weighted by molar-refractivity contribution is -0.192. The zero-order chi connectivity index (χ0) is 29.7. The number of fused-ring (bicyclic) bond motifs is 1. The summed E-state index contributed by atoms with van der Waals surface area (Å²) >= 11 is 1.35. The van der Waals surface area contributed by atoms with Gasteiger partial charge in [-0.05, 0) is 25.8 Å². The molecule has 2 aromatic rings. The molecule has 1 spiro atoms. The summed E-state index contributed by atoms with van der Waals surface area (Å²) in [7, 11) is 1.27. The van der Waals surface area contributed by atoms with Gasteiger partial charge in [0.1, 0.15) is 17.1 Å². The van der Waals surface area contributed by atoms with Crippen molar-refractivity contribution < 1.29 is 47.0 Å². The molecule has 0 radical (unpaired) electrons. The highest BCUT2D eigenvalue weighted by Crippen LogP contribution is 2.38. The van der Waals surface area contributed by atoms with Crippen LogP contribution in [0.3, 0.4) is 0 Å². The van der Waals surface area contributed by atoms with Gasteiger partial charge in [-0.15, -0.1) is 11.3 Å². The Balaban J connectivity index is 0.000000559. The fourth-order valence-corrected chi connectivity index (χ4v) is 5.20. The Morgan fingerprint density at radius 2 is 1.80 bits per heavy atom. The number of nitrogens with zero attached hydrogens (tertiary/aromatic N) is 3. The predicted octanol–water partition coefficient (Wildman–Crippen LogP) is 2.69. The van der Waals surface area contributed by atoms with E-state index in [-0.39, 0.29) is 24.4 Å². The van der Waals surface area contributed by atoms with Crippen molar-refractivity contribution in [2.24, 2.45) is 4.99 Å². The van der Waals surface area contributed by atoms with Crippen molar-refractivity contribution in [2.45, 2.75) is 31.5 Å². The molecule has 0 bridgehead atoms. The third-order valence-electron chi connectivity index (χ3n) is 6.12. The molecule has 3 N–H and O–H groups in total. The van der Waals surface area contributed by atoms with Crippen LogP contribution in [0, 0.1) is 0 Å². The Bertz CT molecular complexity index is 1340. The summed E-state index contributed by atoms with van der Waals surface area (Å²) in [6.07, 6.45) is -2.99. The zero-order valence-electron chi connectivity index (χ0n) is 21.4. The molecule has 4 rings (SSSR count). The van der Waals surface area contributed by atoms with Gasteiger partial charge >= 0.3 is 24.1 Å². The number of benzene rings is 1. The molecule has 0 aliphatic carbocycles. The number of hydrogen-bond donors (Lipinski definition) is 3. The van der Waals surface area contributed by atoms with Crippen molar-refractivity contribution in [1.82, 2.24) is 15.1 Å². The predicted molar refractivity (Wildman–Crippen MR) is 138 cm³/mol. The third kappa shape index (κ3) is 6.67. The normalized spacial score (nSPS) is 16.0. The van der Waals surface area contributed by atoms with Crippen LogP contribution in [0.25, 0.3) is 10.1 Å². The number of piperidine rings is 1. The van der Waals surface area contributed by atoms with E-state index in [1.807, 2.05) is 31.2 Å². The topological polar surface area (TPSA) is 158 Å². The van der Waals surface area contributed by atoms with E-state index in [1.165, 1.54) is 29.7 Å². The molecule has 1 aromatic carbocycles. The molecule has 3 heterocycles. The van der Waals surface area contributed by atoms with Gasteiger partial charge in [0.15, 0.2) is 0 Å². The molecule has 2 aliphatic rings.